The van der Waals surface area contributed by atoms with E-state index in [0.717, 1.165) is 25.8 Å². The average Bonchev–Trinajstić information content (AvgIpc) is 3.46. The zero-order chi connectivity index (χ0) is 17.8. The minimum absolute atomic E-state index is 0.157. The molecular formula is C20H29N3O2. The summed E-state index contributed by atoms with van der Waals surface area (Å²) in [6, 6.07) is 8.56. The van der Waals surface area contributed by atoms with Crippen LogP contribution in [0.25, 0.3) is 0 Å². The van der Waals surface area contributed by atoms with Gasteiger partial charge >= 0.3 is 0 Å². The van der Waals surface area contributed by atoms with Crippen LogP contribution in [0, 0.1) is 5.92 Å². The number of carbonyl (C=O) groups excluding carboxylic acids is 2. The Hall–Kier alpha value is -2.04. The number of amides is 2. The van der Waals surface area contributed by atoms with E-state index in [1.807, 2.05) is 11.0 Å². The molecule has 136 valence electrons. The lowest BCUT2D eigenvalue weighted by Crippen LogP contribution is -2.43. The minimum Gasteiger partial charge on any atom is -0.372 e. The van der Waals surface area contributed by atoms with Gasteiger partial charge in [-0.3, -0.25) is 9.59 Å². The predicted octanol–water partition coefficient (Wildman–Crippen LogP) is 2.55. The number of nitrogens with zero attached hydrogens (tertiary/aromatic N) is 2. The van der Waals surface area contributed by atoms with Crippen molar-refractivity contribution >= 4 is 17.5 Å². The van der Waals surface area contributed by atoms with Gasteiger partial charge in [-0.15, -0.1) is 0 Å². The van der Waals surface area contributed by atoms with E-state index in [1.54, 1.807) is 0 Å². The van der Waals surface area contributed by atoms with E-state index < -0.39 is 0 Å². The fourth-order valence-electron chi connectivity index (χ4n) is 3.57. The Morgan fingerprint density at radius 2 is 2.00 bits per heavy atom. The van der Waals surface area contributed by atoms with Crippen LogP contribution in [0.5, 0.6) is 0 Å². The molecule has 1 saturated carbocycles. The first-order chi connectivity index (χ1) is 12.1. The van der Waals surface area contributed by atoms with Crippen molar-refractivity contribution in [3.63, 3.8) is 0 Å². The first-order valence-electron chi connectivity index (χ1n) is 9.46. The van der Waals surface area contributed by atoms with E-state index in [0.29, 0.717) is 25.9 Å². The van der Waals surface area contributed by atoms with Gasteiger partial charge in [0.05, 0.1) is 0 Å². The molecule has 0 radical (unpaired) electrons. The fourth-order valence-corrected chi connectivity index (χ4v) is 3.57. The van der Waals surface area contributed by atoms with E-state index in [-0.39, 0.29) is 23.8 Å². The van der Waals surface area contributed by atoms with Gasteiger partial charge in [-0.05, 0) is 37.3 Å². The second-order valence-electron chi connectivity index (χ2n) is 7.26. The molecule has 5 nitrogen and oxygen atoms in total. The second-order valence-corrected chi connectivity index (χ2v) is 7.26. The molecule has 1 N–H and O–H groups in total. The smallest absolute Gasteiger partial charge is 0.223 e. The quantitative estimate of drug-likeness (QED) is 0.808. The van der Waals surface area contributed by atoms with Crippen LogP contribution in [0.3, 0.4) is 0 Å². The number of anilines is 1. The van der Waals surface area contributed by atoms with Gasteiger partial charge in [-0.2, -0.15) is 0 Å². The highest BCUT2D eigenvalue weighted by atomic mass is 16.2. The SMILES string of the molecule is CC[C@H]1CN(C)c2ccccc2CN1C(=O)CCCNC(=O)C1CC1. The molecule has 5 heteroatoms. The third-order valence-electron chi connectivity index (χ3n) is 5.28. The molecular weight excluding hydrogens is 314 g/mol. The summed E-state index contributed by atoms with van der Waals surface area (Å²) in [5.41, 5.74) is 2.42. The number of carbonyl (C=O) groups is 2. The van der Waals surface area contributed by atoms with Crippen molar-refractivity contribution in [2.24, 2.45) is 5.92 Å². The van der Waals surface area contributed by atoms with Gasteiger partial charge in [0, 0.05) is 50.7 Å². The lowest BCUT2D eigenvalue weighted by Gasteiger charge is -2.31. The number of rotatable bonds is 6. The number of fused-ring (bicyclic) bond motifs is 1. The normalized spacial score (nSPS) is 20.0. The highest BCUT2D eigenvalue weighted by Crippen LogP contribution is 2.29. The molecule has 1 heterocycles. The summed E-state index contributed by atoms with van der Waals surface area (Å²) in [6.45, 7) is 4.27. The highest BCUT2D eigenvalue weighted by molar-refractivity contribution is 5.81. The first kappa shape index (κ1) is 17.8. The Balaban J connectivity index is 1.58. The van der Waals surface area contributed by atoms with Crippen LogP contribution in [0.4, 0.5) is 5.69 Å². The molecule has 0 saturated heterocycles. The summed E-state index contributed by atoms with van der Waals surface area (Å²) in [7, 11) is 2.10. The van der Waals surface area contributed by atoms with Crippen LogP contribution in [0.15, 0.2) is 24.3 Å². The van der Waals surface area contributed by atoms with Crippen molar-refractivity contribution in [1.29, 1.82) is 0 Å². The molecule has 3 rings (SSSR count). The zero-order valence-electron chi connectivity index (χ0n) is 15.3. The van der Waals surface area contributed by atoms with Gasteiger partial charge in [-0.25, -0.2) is 0 Å². The molecule has 0 spiro atoms. The number of hydrogen-bond acceptors (Lipinski definition) is 3. The Kier molecular flexibility index (Phi) is 5.61. The maximum absolute atomic E-state index is 12.8. The Morgan fingerprint density at radius 3 is 2.72 bits per heavy atom. The summed E-state index contributed by atoms with van der Waals surface area (Å²) in [4.78, 5) is 28.8. The number of likely N-dealkylation sites (N-methyl/N-ethyl adjacent to an activating group) is 1. The number of benzene rings is 1. The van der Waals surface area contributed by atoms with Crippen LogP contribution in [0.1, 0.15) is 44.6 Å². The van der Waals surface area contributed by atoms with Crippen LogP contribution >= 0.6 is 0 Å². The van der Waals surface area contributed by atoms with Gasteiger partial charge in [-0.1, -0.05) is 25.1 Å². The molecule has 2 aliphatic rings. The van der Waals surface area contributed by atoms with E-state index in [4.69, 9.17) is 0 Å². The van der Waals surface area contributed by atoms with E-state index in [9.17, 15) is 9.59 Å². The van der Waals surface area contributed by atoms with Crippen LogP contribution < -0.4 is 10.2 Å². The molecule has 1 aromatic carbocycles. The van der Waals surface area contributed by atoms with Crippen molar-refractivity contribution < 1.29 is 9.59 Å². The van der Waals surface area contributed by atoms with Gasteiger partial charge in [0.15, 0.2) is 0 Å². The van der Waals surface area contributed by atoms with Crippen LogP contribution in [0.2, 0.25) is 0 Å². The van der Waals surface area contributed by atoms with Gasteiger partial charge in [0.1, 0.15) is 0 Å². The molecule has 2 amide bonds. The van der Waals surface area contributed by atoms with E-state index in [1.165, 1.54) is 11.3 Å². The van der Waals surface area contributed by atoms with Crippen molar-refractivity contribution in [2.45, 2.75) is 51.6 Å². The molecule has 1 fully saturated rings. The summed E-state index contributed by atoms with van der Waals surface area (Å²) < 4.78 is 0. The Bertz CT molecular complexity index is 627. The molecule has 1 atom stereocenters. The Labute approximate surface area is 150 Å². The number of hydrogen-bond donors (Lipinski definition) is 1. The second kappa shape index (κ2) is 7.89. The predicted molar refractivity (Wildman–Crippen MR) is 99.3 cm³/mol. The maximum atomic E-state index is 12.8. The molecule has 1 aliphatic carbocycles. The standard InChI is InChI=1S/C20H29N3O2/c1-3-17-14-22(2)18-8-5-4-7-16(18)13-23(17)19(24)9-6-12-21-20(25)15-10-11-15/h4-5,7-8,15,17H,3,6,9-14H2,1-2H3,(H,21,25)/t17-/m0/s1. The lowest BCUT2D eigenvalue weighted by atomic mass is 10.1. The lowest BCUT2D eigenvalue weighted by molar-refractivity contribution is -0.134. The first-order valence-corrected chi connectivity index (χ1v) is 9.46. The molecule has 25 heavy (non-hydrogen) atoms. The van der Waals surface area contributed by atoms with Crippen molar-refractivity contribution in [3.8, 4) is 0 Å². The monoisotopic (exact) mass is 343 g/mol. The van der Waals surface area contributed by atoms with Crippen molar-refractivity contribution in [2.75, 3.05) is 25.0 Å². The fraction of sp³-hybridized carbons (Fsp3) is 0.600. The van der Waals surface area contributed by atoms with Crippen molar-refractivity contribution in [1.82, 2.24) is 10.2 Å². The average molecular weight is 343 g/mol. The molecule has 0 bridgehead atoms. The summed E-state index contributed by atoms with van der Waals surface area (Å²) >= 11 is 0. The van der Waals surface area contributed by atoms with Gasteiger partial charge in [0.25, 0.3) is 0 Å². The third kappa shape index (κ3) is 4.33. The van der Waals surface area contributed by atoms with Crippen LogP contribution in [-0.2, 0) is 16.1 Å². The van der Waals surface area contributed by atoms with Gasteiger partial charge < -0.3 is 15.1 Å². The largest absolute Gasteiger partial charge is 0.372 e. The highest BCUT2D eigenvalue weighted by Gasteiger charge is 2.30. The Morgan fingerprint density at radius 1 is 1.24 bits per heavy atom. The third-order valence-corrected chi connectivity index (χ3v) is 5.28. The number of para-hydroxylation sites is 1. The minimum atomic E-state index is 0.157. The summed E-state index contributed by atoms with van der Waals surface area (Å²) in [6.07, 6.45) is 4.19. The van der Waals surface area contributed by atoms with Crippen molar-refractivity contribution in [3.05, 3.63) is 29.8 Å². The van der Waals surface area contributed by atoms with E-state index in [2.05, 4.69) is 42.4 Å². The molecule has 1 aromatic rings. The van der Waals surface area contributed by atoms with Gasteiger partial charge in [0.2, 0.25) is 11.8 Å². The topological polar surface area (TPSA) is 52.6 Å². The zero-order valence-corrected chi connectivity index (χ0v) is 15.3. The molecule has 0 aromatic heterocycles. The summed E-state index contributed by atoms with van der Waals surface area (Å²) in [5, 5.41) is 2.95. The molecule has 0 unspecified atom stereocenters. The maximum Gasteiger partial charge on any atom is 0.223 e. The number of nitrogens with one attached hydrogen (secondary N) is 1. The van der Waals surface area contributed by atoms with E-state index >= 15 is 0 Å². The molecule has 1 aliphatic heterocycles. The van der Waals surface area contributed by atoms with Crippen LogP contribution in [-0.4, -0.2) is 42.9 Å². The summed E-state index contributed by atoms with van der Waals surface area (Å²) in [5.74, 6) is 0.583.